The van der Waals surface area contributed by atoms with E-state index in [-0.39, 0.29) is 25.7 Å². The van der Waals surface area contributed by atoms with Gasteiger partial charge in [-0.3, -0.25) is 37.3 Å². The number of carbonyl (C=O) groups is 4. The van der Waals surface area contributed by atoms with Crippen LogP contribution in [-0.2, 0) is 65.4 Å². The Bertz CT molecular complexity index is 1840. The summed E-state index contributed by atoms with van der Waals surface area (Å²) in [5, 5.41) is 10.6. The van der Waals surface area contributed by atoms with E-state index in [1.54, 1.807) is 0 Å². The third-order valence-electron chi connectivity index (χ3n) is 18.1. The van der Waals surface area contributed by atoms with Crippen LogP contribution < -0.4 is 0 Å². The van der Waals surface area contributed by atoms with E-state index in [0.717, 1.165) is 102 Å². The van der Waals surface area contributed by atoms with Gasteiger partial charge in [-0.2, -0.15) is 0 Å². The first-order chi connectivity index (χ1) is 45.9. The van der Waals surface area contributed by atoms with Gasteiger partial charge < -0.3 is 33.8 Å². The van der Waals surface area contributed by atoms with Crippen molar-refractivity contribution in [3.05, 3.63) is 0 Å². The minimum Gasteiger partial charge on any atom is -0.462 e. The van der Waals surface area contributed by atoms with Gasteiger partial charge in [0, 0.05) is 25.7 Å². The van der Waals surface area contributed by atoms with E-state index in [0.29, 0.717) is 25.7 Å². The number of carbonyl (C=O) groups excluding carboxylic acids is 4. The molecule has 19 heteroatoms. The summed E-state index contributed by atoms with van der Waals surface area (Å²) < 4.78 is 68.5. The number of hydrogen-bond donors (Lipinski definition) is 3. The number of esters is 4. The fraction of sp³-hybridized carbons (Fsp3) is 0.947. The Labute approximate surface area is 581 Å². The lowest BCUT2D eigenvalue weighted by atomic mass is 9.99. The predicted octanol–water partition coefficient (Wildman–Crippen LogP) is 22.3. The highest BCUT2D eigenvalue weighted by Crippen LogP contribution is 2.45. The SMILES string of the molecule is CCCCCCCCCCCCCCC(=O)O[C@H](COC(=O)CCCCCCCCCCCCC)COP(=O)(O)OC[C@H](O)COP(=O)(O)OC[C@@H](COC(=O)CCCCCCCCCCCCCC(C)C)OC(=O)CCCCCCCCCCCCCCCCC(C)CC. The molecule has 95 heavy (non-hydrogen) atoms. The van der Waals surface area contributed by atoms with Crippen LogP contribution in [0, 0.1) is 11.8 Å². The molecule has 0 aromatic rings. The molecule has 0 heterocycles. The normalized spacial score (nSPS) is 14.3. The van der Waals surface area contributed by atoms with Crippen LogP contribution >= 0.6 is 15.6 Å². The topological polar surface area (TPSA) is 237 Å². The van der Waals surface area contributed by atoms with Crippen molar-refractivity contribution in [3.8, 4) is 0 Å². The van der Waals surface area contributed by atoms with Gasteiger partial charge in [-0.05, 0) is 37.5 Å². The molecule has 0 fully saturated rings. The third-order valence-corrected chi connectivity index (χ3v) is 20.0. The van der Waals surface area contributed by atoms with Crippen LogP contribution in [0.25, 0.3) is 0 Å². The Morgan fingerprint density at radius 2 is 0.537 bits per heavy atom. The molecular formula is C76H148O17P2. The zero-order valence-electron chi connectivity index (χ0n) is 62.0. The van der Waals surface area contributed by atoms with Gasteiger partial charge in [-0.1, -0.05) is 343 Å². The summed E-state index contributed by atoms with van der Waals surface area (Å²) >= 11 is 0. The van der Waals surface area contributed by atoms with E-state index in [4.69, 9.17) is 37.0 Å². The highest BCUT2D eigenvalue weighted by Gasteiger charge is 2.30. The van der Waals surface area contributed by atoms with Crippen LogP contribution in [0.2, 0.25) is 0 Å². The molecule has 0 aromatic heterocycles. The molecule has 17 nitrogen and oxygen atoms in total. The van der Waals surface area contributed by atoms with Gasteiger partial charge in [0.15, 0.2) is 12.2 Å². The Hall–Kier alpha value is -1.94. The molecule has 3 unspecified atom stereocenters. The van der Waals surface area contributed by atoms with E-state index in [1.165, 1.54) is 212 Å². The summed E-state index contributed by atoms with van der Waals surface area (Å²) in [7, 11) is -9.91. The molecule has 0 amide bonds. The molecule has 0 bridgehead atoms. The molecule has 564 valence electrons. The van der Waals surface area contributed by atoms with Crippen molar-refractivity contribution in [2.75, 3.05) is 39.6 Å². The monoisotopic (exact) mass is 1400 g/mol. The second-order valence-electron chi connectivity index (χ2n) is 28.1. The molecule has 0 aliphatic heterocycles. The molecule has 0 saturated carbocycles. The van der Waals surface area contributed by atoms with Crippen LogP contribution in [-0.4, -0.2) is 96.7 Å². The van der Waals surface area contributed by atoms with Crippen molar-refractivity contribution in [3.63, 3.8) is 0 Å². The van der Waals surface area contributed by atoms with Crippen molar-refractivity contribution < 1.29 is 80.2 Å². The summed E-state index contributed by atoms with van der Waals surface area (Å²) in [6, 6.07) is 0. The summed E-state index contributed by atoms with van der Waals surface area (Å²) in [6.45, 7) is 9.65. The van der Waals surface area contributed by atoms with Crippen molar-refractivity contribution in [1.29, 1.82) is 0 Å². The van der Waals surface area contributed by atoms with Crippen LogP contribution in [0.4, 0.5) is 0 Å². The number of unbranched alkanes of at least 4 members (excludes halogenated alkanes) is 44. The van der Waals surface area contributed by atoms with Gasteiger partial charge >= 0.3 is 39.5 Å². The fourth-order valence-electron chi connectivity index (χ4n) is 11.6. The third kappa shape index (κ3) is 69.0. The average molecular weight is 1400 g/mol. The van der Waals surface area contributed by atoms with Crippen LogP contribution in [0.3, 0.4) is 0 Å². The number of hydrogen-bond acceptors (Lipinski definition) is 15. The van der Waals surface area contributed by atoms with E-state index in [1.807, 2.05) is 0 Å². The molecule has 0 rings (SSSR count). The van der Waals surface area contributed by atoms with E-state index < -0.39 is 97.5 Å². The molecule has 0 spiro atoms. The molecule has 0 radical (unpaired) electrons. The number of ether oxygens (including phenoxy) is 4. The highest BCUT2D eigenvalue weighted by molar-refractivity contribution is 7.47. The maximum atomic E-state index is 13.1. The van der Waals surface area contributed by atoms with E-state index >= 15 is 0 Å². The zero-order chi connectivity index (χ0) is 70.0. The maximum absolute atomic E-state index is 13.1. The first-order valence-electron chi connectivity index (χ1n) is 39.5. The van der Waals surface area contributed by atoms with Crippen molar-refractivity contribution in [2.24, 2.45) is 11.8 Å². The number of aliphatic hydroxyl groups is 1. The second-order valence-corrected chi connectivity index (χ2v) is 31.0. The molecule has 6 atom stereocenters. The van der Waals surface area contributed by atoms with Gasteiger partial charge in [0.1, 0.15) is 19.3 Å². The minimum atomic E-state index is -4.96. The Morgan fingerprint density at radius 1 is 0.305 bits per heavy atom. The lowest BCUT2D eigenvalue weighted by Crippen LogP contribution is -2.30. The standard InChI is InChI=1S/C76H148O17P2/c1-7-10-12-14-16-18-20-29-36-42-48-54-60-75(80)92-71(64-86-73(78)58-52-46-40-34-26-19-17-15-13-11-8-2)66-90-94(82,83)88-62-70(77)63-89-95(84,85)91-67-72(65-87-74(79)59-53-47-41-35-31-25-27-32-38-44-50-56-68(4)5)93-76(81)61-55-49-43-37-30-24-22-21-23-28-33-39-45-51-57-69(6)9-3/h68-72,77H,7-67H2,1-6H3,(H,82,83)(H,84,85)/t69?,70-,71+,72+/m0/s1. The van der Waals surface area contributed by atoms with Gasteiger partial charge in [0.05, 0.1) is 26.4 Å². The lowest BCUT2D eigenvalue weighted by molar-refractivity contribution is -0.161. The second kappa shape index (κ2) is 67.9. The maximum Gasteiger partial charge on any atom is 0.472 e. The first-order valence-corrected chi connectivity index (χ1v) is 42.5. The van der Waals surface area contributed by atoms with Crippen molar-refractivity contribution in [2.45, 2.75) is 413 Å². The number of phosphoric ester groups is 2. The number of aliphatic hydroxyl groups excluding tert-OH is 1. The number of phosphoric acid groups is 2. The summed E-state index contributed by atoms with van der Waals surface area (Å²) in [5.74, 6) is -0.496. The fourth-order valence-corrected chi connectivity index (χ4v) is 13.2. The first kappa shape index (κ1) is 93.1. The molecular weight excluding hydrogens is 1250 g/mol. The van der Waals surface area contributed by atoms with Gasteiger partial charge in [0.25, 0.3) is 0 Å². The molecule has 0 aromatic carbocycles. The smallest absolute Gasteiger partial charge is 0.462 e. The van der Waals surface area contributed by atoms with Gasteiger partial charge in [-0.25, -0.2) is 9.13 Å². The minimum absolute atomic E-state index is 0.108. The van der Waals surface area contributed by atoms with Gasteiger partial charge in [-0.15, -0.1) is 0 Å². The van der Waals surface area contributed by atoms with Crippen LogP contribution in [0.5, 0.6) is 0 Å². The summed E-state index contributed by atoms with van der Waals surface area (Å²) in [5.41, 5.74) is 0. The van der Waals surface area contributed by atoms with Gasteiger partial charge in [0.2, 0.25) is 0 Å². The Morgan fingerprint density at radius 3 is 0.800 bits per heavy atom. The summed E-state index contributed by atoms with van der Waals surface area (Å²) in [6.07, 6.45) is 55.2. The largest absolute Gasteiger partial charge is 0.472 e. The van der Waals surface area contributed by atoms with Crippen molar-refractivity contribution >= 4 is 39.5 Å². The Kier molecular flexibility index (Phi) is 66.5. The van der Waals surface area contributed by atoms with Crippen molar-refractivity contribution in [1.82, 2.24) is 0 Å². The summed E-state index contributed by atoms with van der Waals surface area (Å²) in [4.78, 5) is 72.8. The van der Waals surface area contributed by atoms with E-state index in [9.17, 15) is 43.2 Å². The highest BCUT2D eigenvalue weighted by atomic mass is 31.2. The zero-order valence-corrected chi connectivity index (χ0v) is 63.8. The Balaban J connectivity index is 5.25. The molecule has 3 N–H and O–H groups in total. The van der Waals surface area contributed by atoms with Crippen LogP contribution in [0.15, 0.2) is 0 Å². The van der Waals surface area contributed by atoms with E-state index in [2.05, 4.69) is 41.5 Å². The quantitative estimate of drug-likeness (QED) is 0.0222. The van der Waals surface area contributed by atoms with Crippen LogP contribution in [0.1, 0.15) is 395 Å². The lowest BCUT2D eigenvalue weighted by Gasteiger charge is -2.21. The molecule has 0 aliphatic carbocycles. The molecule has 0 saturated heterocycles. The number of rotatable bonds is 75. The average Bonchev–Trinajstić information content (AvgIpc) is 1.44. The predicted molar refractivity (Wildman–Crippen MR) is 386 cm³/mol. The molecule has 0 aliphatic rings.